The van der Waals surface area contributed by atoms with Crippen LogP contribution >= 0.6 is 0 Å². The second-order valence-electron chi connectivity index (χ2n) is 5.56. The molecule has 0 aromatic heterocycles. The van der Waals surface area contributed by atoms with Gasteiger partial charge in [-0.15, -0.1) is 0 Å². The number of ether oxygens (including phenoxy) is 1. The van der Waals surface area contributed by atoms with E-state index in [4.69, 9.17) is 4.74 Å². The van der Waals surface area contributed by atoms with Crippen LogP contribution in [0.3, 0.4) is 0 Å². The Morgan fingerprint density at radius 1 is 1.21 bits per heavy atom. The van der Waals surface area contributed by atoms with Crippen molar-refractivity contribution < 1.29 is 9.53 Å². The number of cyclic esters (lactones) is 1. The summed E-state index contributed by atoms with van der Waals surface area (Å²) >= 11 is 0. The summed E-state index contributed by atoms with van der Waals surface area (Å²) in [6, 6.07) is 10.6. The molecule has 1 aromatic carbocycles. The standard InChI is InChI=1S/C15H20N2O2/c18-14-16-15(12-19-14)7-10-17(11-8-15)9-6-13-4-2-1-3-5-13/h1-5H,6-12H2,(H,16,18). The van der Waals surface area contributed by atoms with Crippen molar-refractivity contribution in [2.45, 2.75) is 24.8 Å². The van der Waals surface area contributed by atoms with Crippen molar-refractivity contribution in [3.63, 3.8) is 0 Å². The van der Waals surface area contributed by atoms with Crippen molar-refractivity contribution in [3.8, 4) is 0 Å². The molecule has 0 saturated carbocycles. The molecule has 2 aliphatic rings. The van der Waals surface area contributed by atoms with Crippen molar-refractivity contribution >= 4 is 6.09 Å². The fourth-order valence-corrected chi connectivity index (χ4v) is 2.90. The highest BCUT2D eigenvalue weighted by molar-refractivity contribution is 5.70. The lowest BCUT2D eigenvalue weighted by molar-refractivity contribution is 0.129. The van der Waals surface area contributed by atoms with Crippen LogP contribution in [0.2, 0.25) is 0 Å². The minimum atomic E-state index is -0.252. The maximum Gasteiger partial charge on any atom is 0.407 e. The number of piperidine rings is 1. The van der Waals surface area contributed by atoms with Gasteiger partial charge in [0.25, 0.3) is 0 Å². The predicted molar refractivity (Wildman–Crippen MR) is 73.0 cm³/mol. The molecule has 2 fully saturated rings. The maximum absolute atomic E-state index is 11.2. The molecule has 1 aromatic rings. The van der Waals surface area contributed by atoms with Crippen LogP contribution in [0.4, 0.5) is 4.79 Å². The summed E-state index contributed by atoms with van der Waals surface area (Å²) < 4.78 is 5.04. The molecule has 2 saturated heterocycles. The van der Waals surface area contributed by atoms with E-state index in [1.54, 1.807) is 0 Å². The van der Waals surface area contributed by atoms with Crippen LogP contribution in [0.25, 0.3) is 0 Å². The number of amides is 1. The van der Waals surface area contributed by atoms with Gasteiger partial charge in [0, 0.05) is 19.6 Å². The largest absolute Gasteiger partial charge is 0.447 e. The lowest BCUT2D eigenvalue weighted by Gasteiger charge is -2.37. The number of benzene rings is 1. The Bertz CT molecular complexity index is 439. The Morgan fingerprint density at radius 3 is 2.58 bits per heavy atom. The minimum absolute atomic E-state index is 0.0830. The first-order chi connectivity index (χ1) is 9.26. The van der Waals surface area contributed by atoms with Crippen molar-refractivity contribution in [1.82, 2.24) is 10.2 Å². The summed E-state index contributed by atoms with van der Waals surface area (Å²) in [5.41, 5.74) is 1.31. The van der Waals surface area contributed by atoms with E-state index in [1.807, 2.05) is 0 Å². The second kappa shape index (κ2) is 5.21. The van der Waals surface area contributed by atoms with Crippen molar-refractivity contribution in [2.75, 3.05) is 26.2 Å². The fraction of sp³-hybridized carbons (Fsp3) is 0.533. The molecular formula is C15H20N2O2. The summed E-state index contributed by atoms with van der Waals surface area (Å²) in [5, 5.41) is 2.98. The molecule has 2 aliphatic heterocycles. The molecule has 1 N–H and O–H groups in total. The van der Waals surface area contributed by atoms with Crippen LogP contribution < -0.4 is 5.32 Å². The molecule has 1 spiro atoms. The summed E-state index contributed by atoms with van der Waals surface area (Å²) in [4.78, 5) is 13.6. The lowest BCUT2D eigenvalue weighted by atomic mass is 9.89. The van der Waals surface area contributed by atoms with Gasteiger partial charge in [0.2, 0.25) is 0 Å². The van der Waals surface area contributed by atoms with E-state index < -0.39 is 0 Å². The SMILES string of the molecule is O=C1NC2(CCN(CCc3ccccc3)CC2)CO1. The molecule has 4 heteroatoms. The van der Waals surface area contributed by atoms with Gasteiger partial charge in [-0.3, -0.25) is 0 Å². The Labute approximate surface area is 113 Å². The lowest BCUT2D eigenvalue weighted by Crippen LogP contribution is -2.52. The Hall–Kier alpha value is -1.55. The number of nitrogens with one attached hydrogen (secondary N) is 1. The highest BCUT2D eigenvalue weighted by Gasteiger charge is 2.41. The van der Waals surface area contributed by atoms with Crippen molar-refractivity contribution in [1.29, 1.82) is 0 Å². The normalized spacial score (nSPS) is 22.2. The molecule has 0 unspecified atom stereocenters. The molecule has 0 atom stereocenters. The quantitative estimate of drug-likeness (QED) is 0.901. The van der Waals surface area contributed by atoms with Gasteiger partial charge in [-0.25, -0.2) is 4.79 Å². The molecular weight excluding hydrogens is 240 g/mol. The monoisotopic (exact) mass is 260 g/mol. The number of nitrogens with zero attached hydrogens (tertiary/aromatic N) is 1. The van der Waals surface area contributed by atoms with E-state index in [-0.39, 0.29) is 11.6 Å². The summed E-state index contributed by atoms with van der Waals surface area (Å²) in [7, 11) is 0. The number of likely N-dealkylation sites (tertiary alicyclic amines) is 1. The predicted octanol–water partition coefficient (Wildman–Crippen LogP) is 1.80. The first-order valence-electron chi connectivity index (χ1n) is 6.97. The van der Waals surface area contributed by atoms with E-state index in [0.717, 1.165) is 38.9 Å². The van der Waals surface area contributed by atoms with Crippen LogP contribution in [0.5, 0.6) is 0 Å². The number of hydrogen-bond donors (Lipinski definition) is 1. The Balaban J connectivity index is 1.47. The van der Waals surface area contributed by atoms with E-state index in [2.05, 4.69) is 40.5 Å². The third-order valence-electron chi connectivity index (χ3n) is 4.22. The molecule has 0 radical (unpaired) electrons. The highest BCUT2D eigenvalue weighted by Crippen LogP contribution is 2.26. The van der Waals surface area contributed by atoms with Gasteiger partial charge in [-0.2, -0.15) is 0 Å². The smallest absolute Gasteiger partial charge is 0.407 e. The van der Waals surface area contributed by atoms with Crippen LogP contribution in [0.15, 0.2) is 30.3 Å². The van der Waals surface area contributed by atoms with E-state index in [1.165, 1.54) is 5.56 Å². The summed E-state index contributed by atoms with van der Waals surface area (Å²) in [6.45, 7) is 3.71. The third kappa shape index (κ3) is 2.89. The van der Waals surface area contributed by atoms with Gasteiger partial charge < -0.3 is 15.0 Å². The zero-order chi connectivity index (χ0) is 13.1. The maximum atomic E-state index is 11.2. The third-order valence-corrected chi connectivity index (χ3v) is 4.22. The van der Waals surface area contributed by atoms with Gasteiger partial charge in [0.15, 0.2) is 0 Å². The first-order valence-corrected chi connectivity index (χ1v) is 6.97. The van der Waals surface area contributed by atoms with E-state index in [0.29, 0.717) is 6.61 Å². The van der Waals surface area contributed by atoms with E-state index in [9.17, 15) is 4.79 Å². The average molecular weight is 260 g/mol. The van der Waals surface area contributed by atoms with E-state index >= 15 is 0 Å². The number of alkyl carbamates (subject to hydrolysis) is 1. The summed E-state index contributed by atoms with van der Waals surface area (Å²) in [6.07, 6.45) is 2.83. The molecule has 2 heterocycles. The van der Waals surface area contributed by atoms with Crippen LogP contribution in [0.1, 0.15) is 18.4 Å². The highest BCUT2D eigenvalue weighted by atomic mass is 16.6. The van der Waals surface area contributed by atoms with Crippen LogP contribution in [-0.4, -0.2) is 42.8 Å². The second-order valence-corrected chi connectivity index (χ2v) is 5.56. The average Bonchev–Trinajstić information content (AvgIpc) is 2.81. The molecule has 102 valence electrons. The molecule has 19 heavy (non-hydrogen) atoms. The van der Waals surface area contributed by atoms with Crippen molar-refractivity contribution in [3.05, 3.63) is 35.9 Å². The number of rotatable bonds is 3. The summed E-state index contributed by atoms with van der Waals surface area (Å²) in [5.74, 6) is 0. The Kier molecular flexibility index (Phi) is 3.42. The van der Waals surface area contributed by atoms with Gasteiger partial charge in [-0.05, 0) is 24.8 Å². The molecule has 0 aliphatic carbocycles. The molecule has 0 bridgehead atoms. The van der Waals surface area contributed by atoms with Crippen molar-refractivity contribution in [2.24, 2.45) is 0 Å². The number of hydrogen-bond acceptors (Lipinski definition) is 3. The van der Waals surface area contributed by atoms with Gasteiger partial charge in [0.05, 0.1) is 5.54 Å². The topological polar surface area (TPSA) is 41.6 Å². The van der Waals surface area contributed by atoms with Crippen LogP contribution in [-0.2, 0) is 11.2 Å². The zero-order valence-electron chi connectivity index (χ0n) is 11.1. The minimum Gasteiger partial charge on any atom is -0.447 e. The zero-order valence-corrected chi connectivity index (χ0v) is 11.1. The van der Waals surface area contributed by atoms with Crippen LogP contribution in [0, 0.1) is 0 Å². The van der Waals surface area contributed by atoms with Gasteiger partial charge in [-0.1, -0.05) is 30.3 Å². The molecule has 3 rings (SSSR count). The Morgan fingerprint density at radius 2 is 1.95 bits per heavy atom. The molecule has 1 amide bonds. The van der Waals surface area contributed by atoms with Gasteiger partial charge in [0.1, 0.15) is 6.61 Å². The number of carbonyl (C=O) groups is 1. The first kappa shape index (κ1) is 12.5. The fourth-order valence-electron chi connectivity index (χ4n) is 2.90. The van der Waals surface area contributed by atoms with Gasteiger partial charge >= 0.3 is 6.09 Å². The molecule has 4 nitrogen and oxygen atoms in total. The number of carbonyl (C=O) groups excluding carboxylic acids is 1.